The van der Waals surface area contributed by atoms with Crippen LogP contribution in [0, 0.1) is 0 Å². The Morgan fingerprint density at radius 2 is 1.26 bits per heavy atom. The van der Waals surface area contributed by atoms with Crippen molar-refractivity contribution in [2.75, 3.05) is 11.5 Å². The Morgan fingerprint density at radius 3 is 1.74 bits per heavy atom. The van der Waals surface area contributed by atoms with Gasteiger partial charge < -0.3 is 23.7 Å². The summed E-state index contributed by atoms with van der Waals surface area (Å²) >= 11 is 0. The second kappa shape index (κ2) is 12.7. The zero-order chi connectivity index (χ0) is 29.7. The predicted molar refractivity (Wildman–Crippen MR) is 129 cm³/mol. The fraction of sp³-hybridized carbons (Fsp3) is 0.500. The third-order valence-corrected chi connectivity index (χ3v) is 7.39. The molecule has 1 amide bonds. The maximum atomic E-state index is 13.7. The first-order chi connectivity index (χ1) is 18.1. The lowest BCUT2D eigenvalue weighted by atomic mass is 10.0. The van der Waals surface area contributed by atoms with Crippen LogP contribution in [0.5, 0.6) is 0 Å². The van der Waals surface area contributed by atoms with Crippen molar-refractivity contribution >= 4 is 51.3 Å². The van der Waals surface area contributed by atoms with Crippen LogP contribution in [0.3, 0.4) is 0 Å². The lowest BCUT2D eigenvalue weighted by Gasteiger charge is -2.38. The van der Waals surface area contributed by atoms with Gasteiger partial charge in [-0.1, -0.05) is 12.1 Å². The molecule has 0 saturated carbocycles. The maximum absolute atomic E-state index is 13.7. The Kier molecular flexibility index (Phi) is 10.2. The van der Waals surface area contributed by atoms with Gasteiger partial charge >= 0.3 is 29.8 Å². The van der Waals surface area contributed by atoms with Gasteiger partial charge in [0.2, 0.25) is 15.7 Å². The van der Waals surface area contributed by atoms with E-state index in [1.54, 1.807) is 0 Å². The third-order valence-electron chi connectivity index (χ3n) is 5.31. The molecule has 1 heterocycles. The molecule has 2 rings (SSSR count). The molecular formula is C24H29NO13S. The molecule has 5 unspecified atom stereocenters. The van der Waals surface area contributed by atoms with Crippen LogP contribution in [-0.4, -0.2) is 80.6 Å². The molecule has 0 radical (unpaired) electrons. The van der Waals surface area contributed by atoms with E-state index in [1.165, 1.54) is 24.3 Å². The number of anilines is 1. The summed E-state index contributed by atoms with van der Waals surface area (Å²) < 4.78 is 53.6. The summed E-state index contributed by atoms with van der Waals surface area (Å²) in [5, 5.41) is -1.99. The molecule has 214 valence electrons. The van der Waals surface area contributed by atoms with Gasteiger partial charge in [-0.25, -0.2) is 8.42 Å². The Hall–Kier alpha value is -4.01. The SMILES string of the molecule is CC(=O)OCC(OC(C)=O)C(OC(C)=O)C(OC(C)=O)C(OC(C)=O)C1N(C(C)=O)c2ccccc2S1(=O)=O. The second-order valence-corrected chi connectivity index (χ2v) is 10.5. The van der Waals surface area contributed by atoms with Crippen molar-refractivity contribution in [3.63, 3.8) is 0 Å². The quantitative estimate of drug-likeness (QED) is 0.278. The van der Waals surface area contributed by atoms with Crippen LogP contribution >= 0.6 is 0 Å². The molecule has 0 fully saturated rings. The smallest absolute Gasteiger partial charge is 0.303 e. The third kappa shape index (κ3) is 7.52. The molecule has 0 aromatic heterocycles. The van der Waals surface area contributed by atoms with Crippen LogP contribution in [0.15, 0.2) is 29.2 Å². The standard InChI is InChI=1S/C24H29NO13S/c1-12(26)25-18-9-7-8-10-20(18)39(32,33)24(25)23(38-17(6)31)22(37-16(5)30)21(36-15(4)29)19(35-14(3)28)11-34-13(2)27/h7-10,19,21-24H,11H2,1-6H3. The first kappa shape index (κ1) is 31.2. The van der Waals surface area contributed by atoms with Crippen molar-refractivity contribution in [1.29, 1.82) is 0 Å². The van der Waals surface area contributed by atoms with Crippen molar-refractivity contribution in [3.05, 3.63) is 24.3 Å². The molecule has 0 saturated heterocycles. The van der Waals surface area contributed by atoms with E-state index in [1.807, 2.05) is 0 Å². The van der Waals surface area contributed by atoms with Gasteiger partial charge in [0.15, 0.2) is 29.8 Å². The number of rotatable bonds is 10. The fourth-order valence-electron chi connectivity index (χ4n) is 4.12. The topological polar surface area (TPSA) is 186 Å². The van der Waals surface area contributed by atoms with Gasteiger partial charge in [-0.2, -0.15) is 0 Å². The Bertz CT molecular complexity index is 1260. The Morgan fingerprint density at radius 1 is 0.744 bits per heavy atom. The van der Waals surface area contributed by atoms with E-state index in [-0.39, 0.29) is 10.6 Å². The first-order valence-electron chi connectivity index (χ1n) is 11.5. The van der Waals surface area contributed by atoms with Crippen LogP contribution < -0.4 is 4.90 Å². The molecule has 14 nitrogen and oxygen atoms in total. The summed E-state index contributed by atoms with van der Waals surface area (Å²) in [5.41, 5.74) is -0.0331. The molecule has 0 bridgehead atoms. The van der Waals surface area contributed by atoms with Crippen LogP contribution in [-0.2, 0) is 62.3 Å². The molecule has 15 heteroatoms. The van der Waals surface area contributed by atoms with Crippen molar-refractivity contribution in [2.24, 2.45) is 0 Å². The predicted octanol–water partition coefficient (Wildman–Crippen LogP) is 0.443. The summed E-state index contributed by atoms with van der Waals surface area (Å²) in [7, 11) is -4.50. The number of ether oxygens (including phenoxy) is 5. The lowest BCUT2D eigenvalue weighted by Crippen LogP contribution is -2.60. The molecule has 1 aromatic carbocycles. The molecule has 1 aromatic rings. The number of carbonyl (C=O) groups excluding carboxylic acids is 6. The van der Waals surface area contributed by atoms with E-state index >= 15 is 0 Å². The molecule has 39 heavy (non-hydrogen) atoms. The van der Waals surface area contributed by atoms with Crippen LogP contribution in [0.1, 0.15) is 41.5 Å². The molecule has 0 spiro atoms. The summed E-state index contributed by atoms with van der Waals surface area (Å²) in [6.45, 7) is 5.23. The number of hydrogen-bond donors (Lipinski definition) is 0. The first-order valence-corrected chi connectivity index (χ1v) is 13.1. The minimum Gasteiger partial charge on any atom is -0.462 e. The van der Waals surface area contributed by atoms with Crippen LogP contribution in [0.4, 0.5) is 5.69 Å². The summed E-state index contributed by atoms with van der Waals surface area (Å²) in [6.07, 6.45) is -7.53. The highest BCUT2D eigenvalue weighted by Crippen LogP contribution is 2.42. The number of benzene rings is 1. The van der Waals surface area contributed by atoms with Gasteiger partial charge in [-0.3, -0.25) is 33.7 Å². The number of sulfone groups is 1. The highest BCUT2D eigenvalue weighted by molar-refractivity contribution is 7.92. The summed E-state index contributed by atoms with van der Waals surface area (Å²) in [5.74, 6) is -5.59. The summed E-state index contributed by atoms with van der Waals surface area (Å²) in [6, 6.07) is 5.48. The van der Waals surface area contributed by atoms with Crippen LogP contribution in [0.25, 0.3) is 0 Å². The van der Waals surface area contributed by atoms with Crippen molar-refractivity contribution in [3.8, 4) is 0 Å². The number of para-hydroxylation sites is 1. The van der Waals surface area contributed by atoms with Gasteiger partial charge in [-0.15, -0.1) is 0 Å². The normalized spacial score (nSPS) is 18.4. The number of hydrogen-bond acceptors (Lipinski definition) is 13. The van der Waals surface area contributed by atoms with E-state index in [4.69, 9.17) is 23.7 Å². The number of amides is 1. The van der Waals surface area contributed by atoms with Gasteiger partial charge in [-0.05, 0) is 12.1 Å². The average molecular weight is 572 g/mol. The fourth-order valence-corrected chi connectivity index (χ4v) is 6.21. The molecule has 0 N–H and O–H groups in total. The van der Waals surface area contributed by atoms with E-state index in [9.17, 15) is 37.2 Å². The summed E-state index contributed by atoms with van der Waals surface area (Å²) in [4.78, 5) is 73.3. The number of nitrogens with zero attached hydrogens (tertiary/aromatic N) is 1. The minimum absolute atomic E-state index is 0.0331. The second-order valence-electron chi connectivity index (χ2n) is 8.46. The molecular weight excluding hydrogens is 542 g/mol. The van der Waals surface area contributed by atoms with Crippen LogP contribution in [0.2, 0.25) is 0 Å². The van der Waals surface area contributed by atoms with E-state index < -0.39 is 82.0 Å². The Labute approximate surface area is 224 Å². The number of fused-ring (bicyclic) bond motifs is 1. The monoisotopic (exact) mass is 571 g/mol. The lowest BCUT2D eigenvalue weighted by molar-refractivity contribution is -0.202. The van der Waals surface area contributed by atoms with Gasteiger partial charge in [0.05, 0.1) is 10.6 Å². The van der Waals surface area contributed by atoms with Gasteiger partial charge in [0, 0.05) is 41.5 Å². The minimum atomic E-state index is -4.50. The van der Waals surface area contributed by atoms with E-state index in [0.29, 0.717) is 0 Å². The molecule has 5 atom stereocenters. The van der Waals surface area contributed by atoms with Gasteiger partial charge in [0.25, 0.3) is 0 Å². The van der Waals surface area contributed by atoms with E-state index in [2.05, 4.69) is 0 Å². The van der Waals surface area contributed by atoms with Crippen molar-refractivity contribution in [2.45, 2.75) is 76.2 Å². The van der Waals surface area contributed by atoms with Gasteiger partial charge in [0.1, 0.15) is 6.61 Å². The maximum Gasteiger partial charge on any atom is 0.303 e. The average Bonchev–Trinajstić information content (AvgIpc) is 3.04. The largest absolute Gasteiger partial charge is 0.462 e. The Balaban J connectivity index is 2.82. The molecule has 1 aliphatic rings. The van der Waals surface area contributed by atoms with Crippen molar-refractivity contribution in [1.82, 2.24) is 0 Å². The number of esters is 5. The zero-order valence-corrected chi connectivity index (χ0v) is 22.9. The molecule has 1 aliphatic heterocycles. The highest BCUT2D eigenvalue weighted by atomic mass is 32.2. The van der Waals surface area contributed by atoms with E-state index in [0.717, 1.165) is 46.4 Å². The van der Waals surface area contributed by atoms with Crippen molar-refractivity contribution < 1.29 is 60.9 Å². The zero-order valence-electron chi connectivity index (χ0n) is 22.1. The highest BCUT2D eigenvalue weighted by Gasteiger charge is 2.57. The number of carbonyl (C=O) groups is 6. The molecule has 0 aliphatic carbocycles.